The van der Waals surface area contributed by atoms with Crippen molar-refractivity contribution in [3.63, 3.8) is 0 Å². The second-order valence-corrected chi connectivity index (χ2v) is 3.84. The van der Waals surface area contributed by atoms with Gasteiger partial charge in [0.15, 0.2) is 0 Å². The number of rotatable bonds is 1. The molecule has 0 aliphatic carbocycles. The topological polar surface area (TPSA) is 55.8 Å². The maximum absolute atomic E-state index is 11.6. The van der Waals surface area contributed by atoms with Gasteiger partial charge in [-0.1, -0.05) is 0 Å². The zero-order chi connectivity index (χ0) is 11.5. The molecule has 15 heavy (non-hydrogen) atoms. The van der Waals surface area contributed by atoms with Gasteiger partial charge in [0.05, 0.1) is 14.2 Å². The van der Waals surface area contributed by atoms with Crippen molar-refractivity contribution in [3.05, 3.63) is 0 Å². The summed E-state index contributed by atoms with van der Waals surface area (Å²) in [6.07, 6.45) is 1.96. The third-order valence-electron chi connectivity index (χ3n) is 2.91. The van der Waals surface area contributed by atoms with Gasteiger partial charge in [-0.05, 0) is 26.2 Å². The molecule has 0 unspecified atom stereocenters. The molecular weight excluding hydrogens is 198 g/mol. The van der Waals surface area contributed by atoms with Gasteiger partial charge in [0, 0.05) is 6.54 Å². The molecule has 0 aromatic heterocycles. The van der Waals surface area contributed by atoms with Crippen LogP contribution in [0, 0.1) is 0 Å². The van der Waals surface area contributed by atoms with Crippen molar-refractivity contribution in [3.8, 4) is 0 Å². The van der Waals surface area contributed by atoms with Crippen molar-refractivity contribution in [2.75, 3.05) is 20.8 Å². The quantitative estimate of drug-likeness (QED) is 0.616. The number of piperidine rings is 1. The van der Waals surface area contributed by atoms with Crippen LogP contribution in [0.25, 0.3) is 0 Å². The van der Waals surface area contributed by atoms with Crippen molar-refractivity contribution in [1.82, 2.24) is 4.90 Å². The minimum absolute atomic E-state index is 0.382. The standard InChI is InChI=1S/C10H17NO4/c1-10(8(12)14-2)6-4-5-7-11(10)9(13)15-3/h4-7H2,1-3H3/t10-/m0/s1. The first-order valence-electron chi connectivity index (χ1n) is 5.00. The SMILES string of the molecule is COC(=O)N1CCCC[C@@]1(C)C(=O)OC. The second kappa shape index (κ2) is 4.51. The predicted octanol–water partition coefficient (Wildman–Crippen LogP) is 1.17. The average Bonchev–Trinajstić information content (AvgIpc) is 2.27. The fourth-order valence-electron chi connectivity index (χ4n) is 1.96. The molecule has 1 rings (SSSR count). The smallest absolute Gasteiger partial charge is 0.410 e. The molecule has 1 aliphatic heterocycles. The molecule has 1 heterocycles. The zero-order valence-corrected chi connectivity index (χ0v) is 9.41. The fourth-order valence-corrected chi connectivity index (χ4v) is 1.96. The van der Waals surface area contributed by atoms with Gasteiger partial charge in [-0.25, -0.2) is 9.59 Å². The average molecular weight is 215 g/mol. The highest BCUT2D eigenvalue weighted by Gasteiger charge is 2.45. The first kappa shape index (κ1) is 11.8. The normalized spacial score (nSPS) is 25.9. The number of esters is 1. The van der Waals surface area contributed by atoms with Crippen molar-refractivity contribution in [2.45, 2.75) is 31.7 Å². The van der Waals surface area contributed by atoms with E-state index in [2.05, 4.69) is 4.74 Å². The summed E-state index contributed by atoms with van der Waals surface area (Å²) in [5.41, 5.74) is -0.875. The molecule has 0 spiro atoms. The molecule has 0 N–H and O–H groups in total. The third kappa shape index (κ3) is 2.06. The summed E-state index contributed by atoms with van der Waals surface area (Å²) in [4.78, 5) is 24.6. The van der Waals surface area contributed by atoms with E-state index in [9.17, 15) is 9.59 Å². The van der Waals surface area contributed by atoms with E-state index in [1.807, 2.05) is 0 Å². The number of ether oxygens (including phenoxy) is 2. The first-order valence-corrected chi connectivity index (χ1v) is 5.00. The van der Waals surface area contributed by atoms with Gasteiger partial charge in [0.2, 0.25) is 0 Å². The van der Waals surface area contributed by atoms with Crippen LogP contribution in [-0.4, -0.2) is 43.3 Å². The maximum atomic E-state index is 11.6. The van der Waals surface area contributed by atoms with E-state index in [-0.39, 0.29) is 5.97 Å². The minimum atomic E-state index is -0.875. The molecule has 0 aromatic rings. The van der Waals surface area contributed by atoms with E-state index in [0.29, 0.717) is 13.0 Å². The number of carbonyl (C=O) groups excluding carboxylic acids is 2. The lowest BCUT2D eigenvalue weighted by molar-refractivity contribution is -0.155. The second-order valence-electron chi connectivity index (χ2n) is 3.84. The number of methoxy groups -OCH3 is 2. The van der Waals surface area contributed by atoms with Gasteiger partial charge in [-0.15, -0.1) is 0 Å². The molecule has 1 fully saturated rings. The van der Waals surface area contributed by atoms with E-state index < -0.39 is 11.6 Å². The Hall–Kier alpha value is -1.26. The lowest BCUT2D eigenvalue weighted by Crippen LogP contribution is -2.57. The van der Waals surface area contributed by atoms with E-state index >= 15 is 0 Å². The number of likely N-dealkylation sites (tertiary alicyclic amines) is 1. The van der Waals surface area contributed by atoms with Crippen molar-refractivity contribution < 1.29 is 19.1 Å². The van der Waals surface area contributed by atoms with Gasteiger partial charge < -0.3 is 9.47 Å². The highest BCUT2D eigenvalue weighted by Crippen LogP contribution is 2.29. The van der Waals surface area contributed by atoms with Crippen LogP contribution in [0.4, 0.5) is 4.79 Å². The predicted molar refractivity (Wildman–Crippen MR) is 53.4 cm³/mol. The highest BCUT2D eigenvalue weighted by atomic mass is 16.5. The van der Waals surface area contributed by atoms with Crippen LogP contribution in [0.5, 0.6) is 0 Å². The molecule has 1 atom stereocenters. The Balaban J connectivity index is 2.90. The Labute approximate surface area is 89.3 Å². The van der Waals surface area contributed by atoms with Crippen molar-refractivity contribution >= 4 is 12.1 Å². The minimum Gasteiger partial charge on any atom is -0.467 e. The van der Waals surface area contributed by atoms with Gasteiger partial charge in [0.25, 0.3) is 0 Å². The molecule has 5 heteroatoms. The number of hydrogen-bond acceptors (Lipinski definition) is 4. The molecule has 5 nitrogen and oxygen atoms in total. The zero-order valence-electron chi connectivity index (χ0n) is 9.41. The summed E-state index contributed by atoms with van der Waals surface area (Å²) in [5.74, 6) is -0.382. The maximum Gasteiger partial charge on any atom is 0.410 e. The summed E-state index contributed by atoms with van der Waals surface area (Å²) in [6, 6.07) is 0. The molecule has 1 aliphatic rings. The number of hydrogen-bond donors (Lipinski definition) is 0. The molecule has 86 valence electrons. The Morgan fingerprint density at radius 3 is 2.40 bits per heavy atom. The van der Waals surface area contributed by atoms with Crippen LogP contribution in [0.15, 0.2) is 0 Å². The van der Waals surface area contributed by atoms with Crippen molar-refractivity contribution in [2.24, 2.45) is 0 Å². The molecule has 1 saturated heterocycles. The van der Waals surface area contributed by atoms with Crippen LogP contribution in [0.1, 0.15) is 26.2 Å². The lowest BCUT2D eigenvalue weighted by Gasteiger charge is -2.41. The highest BCUT2D eigenvalue weighted by molar-refractivity contribution is 5.85. The Kier molecular flexibility index (Phi) is 3.55. The van der Waals surface area contributed by atoms with Gasteiger partial charge in [0.1, 0.15) is 5.54 Å². The summed E-state index contributed by atoms with van der Waals surface area (Å²) in [7, 11) is 2.65. The summed E-state index contributed by atoms with van der Waals surface area (Å²) in [5, 5.41) is 0. The Morgan fingerprint density at radius 2 is 1.87 bits per heavy atom. The third-order valence-corrected chi connectivity index (χ3v) is 2.91. The number of amides is 1. The Bertz CT molecular complexity index is 266. The summed E-state index contributed by atoms with van der Waals surface area (Å²) < 4.78 is 9.39. The number of nitrogens with zero attached hydrogens (tertiary/aromatic N) is 1. The van der Waals surface area contributed by atoms with E-state index in [0.717, 1.165) is 12.8 Å². The van der Waals surface area contributed by atoms with Crippen LogP contribution in [-0.2, 0) is 14.3 Å². The Morgan fingerprint density at radius 1 is 1.20 bits per heavy atom. The van der Waals surface area contributed by atoms with E-state index in [1.54, 1.807) is 6.92 Å². The molecule has 0 saturated carbocycles. The van der Waals surface area contributed by atoms with E-state index in [4.69, 9.17) is 4.74 Å². The van der Waals surface area contributed by atoms with Crippen LogP contribution in [0.2, 0.25) is 0 Å². The van der Waals surface area contributed by atoms with Crippen LogP contribution in [0.3, 0.4) is 0 Å². The molecule has 1 amide bonds. The lowest BCUT2D eigenvalue weighted by atomic mass is 9.89. The van der Waals surface area contributed by atoms with Crippen LogP contribution < -0.4 is 0 Å². The van der Waals surface area contributed by atoms with E-state index in [1.165, 1.54) is 19.1 Å². The van der Waals surface area contributed by atoms with Crippen LogP contribution >= 0.6 is 0 Å². The largest absolute Gasteiger partial charge is 0.467 e. The summed E-state index contributed by atoms with van der Waals surface area (Å²) in [6.45, 7) is 2.26. The monoisotopic (exact) mass is 215 g/mol. The van der Waals surface area contributed by atoms with Gasteiger partial charge in [-0.2, -0.15) is 0 Å². The van der Waals surface area contributed by atoms with Gasteiger partial charge >= 0.3 is 12.1 Å². The first-order chi connectivity index (χ1) is 7.06. The molecule has 0 radical (unpaired) electrons. The fraction of sp³-hybridized carbons (Fsp3) is 0.800. The summed E-state index contributed by atoms with van der Waals surface area (Å²) >= 11 is 0. The molecule has 0 bridgehead atoms. The number of carbonyl (C=O) groups is 2. The molecular formula is C10H17NO4. The van der Waals surface area contributed by atoms with Crippen molar-refractivity contribution in [1.29, 1.82) is 0 Å². The molecule has 0 aromatic carbocycles. The van der Waals surface area contributed by atoms with Gasteiger partial charge in [-0.3, -0.25) is 4.90 Å².